The Morgan fingerprint density at radius 3 is 2.37 bits per heavy atom. The van der Waals surface area contributed by atoms with Crippen LogP contribution in [0.3, 0.4) is 0 Å². The number of benzene rings is 1. The number of para-hydroxylation sites is 2. The lowest BCUT2D eigenvalue weighted by molar-refractivity contribution is -0.134. The van der Waals surface area contributed by atoms with Crippen LogP contribution in [0.4, 0.5) is 5.69 Å². The molecule has 1 aromatic carbocycles. The SMILES string of the molecule is CC(C)[C@@H](NC(=O)c1cccs1)C(=O)N1CCN(c2ccccc2O)CC1. The maximum Gasteiger partial charge on any atom is 0.262 e. The molecule has 0 aliphatic carbocycles. The molecule has 0 saturated carbocycles. The van der Waals surface area contributed by atoms with Crippen molar-refractivity contribution in [3.05, 3.63) is 46.7 Å². The Balaban J connectivity index is 1.62. The normalized spacial score (nSPS) is 15.7. The highest BCUT2D eigenvalue weighted by Gasteiger charge is 2.31. The van der Waals surface area contributed by atoms with E-state index >= 15 is 0 Å². The zero-order valence-electron chi connectivity index (χ0n) is 15.6. The number of nitrogens with zero attached hydrogens (tertiary/aromatic N) is 2. The largest absolute Gasteiger partial charge is 0.506 e. The fourth-order valence-corrected chi connectivity index (χ4v) is 3.86. The third-order valence-corrected chi connectivity index (χ3v) is 5.65. The number of hydrogen-bond acceptors (Lipinski definition) is 5. The molecule has 0 radical (unpaired) electrons. The van der Waals surface area contributed by atoms with Crippen LogP contribution < -0.4 is 10.2 Å². The van der Waals surface area contributed by atoms with Crippen LogP contribution in [-0.2, 0) is 4.79 Å². The molecule has 144 valence electrons. The number of carbonyl (C=O) groups excluding carboxylic acids is 2. The molecule has 3 rings (SSSR count). The highest BCUT2D eigenvalue weighted by atomic mass is 32.1. The fourth-order valence-electron chi connectivity index (χ4n) is 3.23. The first-order chi connectivity index (χ1) is 13.0. The van der Waals surface area contributed by atoms with Gasteiger partial charge >= 0.3 is 0 Å². The molecule has 27 heavy (non-hydrogen) atoms. The van der Waals surface area contributed by atoms with Crippen molar-refractivity contribution in [2.45, 2.75) is 19.9 Å². The minimum atomic E-state index is -0.545. The number of aromatic hydroxyl groups is 1. The van der Waals surface area contributed by atoms with Crippen LogP contribution >= 0.6 is 11.3 Å². The molecule has 7 heteroatoms. The van der Waals surface area contributed by atoms with Crippen molar-refractivity contribution < 1.29 is 14.7 Å². The Bertz CT molecular complexity index is 784. The third-order valence-electron chi connectivity index (χ3n) is 4.78. The predicted octanol–water partition coefficient (Wildman–Crippen LogP) is 2.56. The van der Waals surface area contributed by atoms with Gasteiger partial charge in [-0.05, 0) is 29.5 Å². The summed E-state index contributed by atoms with van der Waals surface area (Å²) in [5.74, 6) is -0.00473. The zero-order chi connectivity index (χ0) is 19.4. The number of amides is 2. The van der Waals surface area contributed by atoms with Crippen LogP contribution in [0.15, 0.2) is 41.8 Å². The molecule has 0 unspecified atom stereocenters. The summed E-state index contributed by atoms with van der Waals surface area (Å²) in [6.45, 7) is 6.29. The molecule has 1 aliphatic heterocycles. The van der Waals surface area contributed by atoms with Crippen molar-refractivity contribution in [2.24, 2.45) is 5.92 Å². The van der Waals surface area contributed by atoms with Gasteiger partial charge in [0.1, 0.15) is 11.8 Å². The van der Waals surface area contributed by atoms with Crippen molar-refractivity contribution in [3.8, 4) is 5.75 Å². The van der Waals surface area contributed by atoms with Gasteiger partial charge in [0.2, 0.25) is 5.91 Å². The number of nitrogens with one attached hydrogen (secondary N) is 1. The number of thiophene rings is 1. The Kier molecular flexibility index (Phi) is 6.01. The van der Waals surface area contributed by atoms with Gasteiger partial charge in [-0.3, -0.25) is 9.59 Å². The lowest BCUT2D eigenvalue weighted by Gasteiger charge is -2.38. The number of piperazine rings is 1. The quantitative estimate of drug-likeness (QED) is 0.827. The van der Waals surface area contributed by atoms with Crippen molar-refractivity contribution in [2.75, 3.05) is 31.1 Å². The van der Waals surface area contributed by atoms with E-state index in [1.54, 1.807) is 23.1 Å². The van der Waals surface area contributed by atoms with Crippen molar-refractivity contribution in [1.29, 1.82) is 0 Å². The molecular formula is C20H25N3O3S. The van der Waals surface area contributed by atoms with Gasteiger partial charge < -0.3 is 20.2 Å². The van der Waals surface area contributed by atoms with E-state index in [9.17, 15) is 14.7 Å². The van der Waals surface area contributed by atoms with Crippen LogP contribution in [0.2, 0.25) is 0 Å². The summed E-state index contributed by atoms with van der Waals surface area (Å²) in [5.41, 5.74) is 0.788. The highest BCUT2D eigenvalue weighted by Crippen LogP contribution is 2.27. The van der Waals surface area contributed by atoms with Crippen LogP contribution in [-0.4, -0.2) is 54.0 Å². The van der Waals surface area contributed by atoms with Crippen molar-refractivity contribution >= 4 is 28.8 Å². The molecular weight excluding hydrogens is 362 g/mol. The lowest BCUT2D eigenvalue weighted by atomic mass is 10.0. The molecule has 2 aromatic rings. The van der Waals surface area contributed by atoms with E-state index in [1.807, 2.05) is 37.4 Å². The molecule has 1 aliphatic rings. The molecule has 2 amide bonds. The Morgan fingerprint density at radius 1 is 1.07 bits per heavy atom. The first-order valence-electron chi connectivity index (χ1n) is 9.13. The number of phenols is 1. The monoisotopic (exact) mass is 387 g/mol. The summed E-state index contributed by atoms with van der Waals surface area (Å²) in [4.78, 5) is 29.9. The van der Waals surface area contributed by atoms with E-state index in [-0.39, 0.29) is 23.5 Å². The van der Waals surface area contributed by atoms with Gasteiger partial charge in [-0.15, -0.1) is 11.3 Å². The summed E-state index contributed by atoms with van der Waals surface area (Å²) >= 11 is 1.36. The second-order valence-electron chi connectivity index (χ2n) is 6.97. The van der Waals surface area contributed by atoms with E-state index in [0.717, 1.165) is 5.69 Å². The van der Waals surface area contributed by atoms with Crippen LogP contribution in [0, 0.1) is 5.92 Å². The molecule has 2 N–H and O–H groups in total. The maximum absolute atomic E-state index is 13.0. The number of carbonyl (C=O) groups is 2. The Hall–Kier alpha value is -2.54. The van der Waals surface area contributed by atoms with Crippen LogP contribution in [0.1, 0.15) is 23.5 Å². The van der Waals surface area contributed by atoms with Crippen molar-refractivity contribution in [1.82, 2.24) is 10.2 Å². The summed E-state index contributed by atoms with van der Waals surface area (Å²) in [6, 6.07) is 10.3. The van der Waals surface area contributed by atoms with E-state index < -0.39 is 6.04 Å². The second-order valence-corrected chi connectivity index (χ2v) is 7.92. The third kappa shape index (κ3) is 4.42. The fraction of sp³-hybridized carbons (Fsp3) is 0.400. The summed E-state index contributed by atoms with van der Waals surface area (Å²) in [5, 5.41) is 14.8. The minimum absolute atomic E-state index is 0.00221. The van der Waals surface area contributed by atoms with E-state index in [4.69, 9.17) is 0 Å². The molecule has 6 nitrogen and oxygen atoms in total. The van der Waals surface area contributed by atoms with Crippen LogP contribution in [0.25, 0.3) is 0 Å². The zero-order valence-corrected chi connectivity index (χ0v) is 16.4. The van der Waals surface area contributed by atoms with Gasteiger partial charge in [0.25, 0.3) is 5.91 Å². The molecule has 1 saturated heterocycles. The first-order valence-corrected chi connectivity index (χ1v) is 10.0. The smallest absolute Gasteiger partial charge is 0.262 e. The van der Waals surface area contributed by atoms with E-state index in [2.05, 4.69) is 10.2 Å². The number of hydrogen-bond donors (Lipinski definition) is 2. The van der Waals surface area contributed by atoms with Crippen LogP contribution in [0.5, 0.6) is 5.75 Å². The number of anilines is 1. The molecule has 0 spiro atoms. The van der Waals surface area contributed by atoms with E-state index in [0.29, 0.717) is 31.1 Å². The van der Waals surface area contributed by atoms with Crippen molar-refractivity contribution in [3.63, 3.8) is 0 Å². The Labute approximate surface area is 163 Å². The van der Waals surface area contributed by atoms with Gasteiger partial charge in [0, 0.05) is 26.2 Å². The standard InChI is InChI=1S/C20H25N3O3S/c1-14(2)18(21-19(25)17-8-5-13-27-17)20(26)23-11-9-22(10-12-23)15-6-3-4-7-16(15)24/h3-8,13-14,18,24H,9-12H2,1-2H3,(H,21,25)/t18-/m1/s1. The molecule has 1 fully saturated rings. The molecule has 2 heterocycles. The number of phenolic OH excluding ortho intramolecular Hbond substituents is 1. The topological polar surface area (TPSA) is 72.9 Å². The summed E-state index contributed by atoms with van der Waals surface area (Å²) in [7, 11) is 0. The first kappa shape index (κ1) is 19.2. The number of rotatable bonds is 5. The van der Waals surface area contributed by atoms with Gasteiger partial charge in [-0.25, -0.2) is 0 Å². The summed E-state index contributed by atoms with van der Waals surface area (Å²) in [6.07, 6.45) is 0. The minimum Gasteiger partial charge on any atom is -0.506 e. The maximum atomic E-state index is 13.0. The van der Waals surface area contributed by atoms with Gasteiger partial charge in [-0.1, -0.05) is 32.0 Å². The highest BCUT2D eigenvalue weighted by molar-refractivity contribution is 7.12. The predicted molar refractivity (Wildman–Crippen MR) is 107 cm³/mol. The Morgan fingerprint density at radius 2 is 1.78 bits per heavy atom. The second kappa shape index (κ2) is 8.43. The van der Waals surface area contributed by atoms with E-state index in [1.165, 1.54) is 11.3 Å². The average molecular weight is 388 g/mol. The molecule has 1 atom stereocenters. The molecule has 1 aromatic heterocycles. The van der Waals surface area contributed by atoms with Gasteiger partial charge in [-0.2, -0.15) is 0 Å². The summed E-state index contributed by atoms with van der Waals surface area (Å²) < 4.78 is 0. The van der Waals surface area contributed by atoms with Gasteiger partial charge in [0.05, 0.1) is 10.6 Å². The average Bonchev–Trinajstić information content (AvgIpc) is 3.21. The molecule has 0 bridgehead atoms. The van der Waals surface area contributed by atoms with Gasteiger partial charge in [0.15, 0.2) is 0 Å². The lowest BCUT2D eigenvalue weighted by Crippen LogP contribution is -2.56.